The monoisotopic (exact) mass is 275 g/mol. The van der Waals surface area contributed by atoms with Crippen LogP contribution in [0.5, 0.6) is 0 Å². The van der Waals surface area contributed by atoms with Crippen LogP contribution in [-0.2, 0) is 16.0 Å². The van der Waals surface area contributed by atoms with Crippen molar-refractivity contribution in [2.45, 2.75) is 46.3 Å². The summed E-state index contributed by atoms with van der Waals surface area (Å²) in [6.45, 7) is 7.52. The number of hydrogen-bond donors (Lipinski definition) is 1. The van der Waals surface area contributed by atoms with Crippen LogP contribution < -0.4 is 5.73 Å². The Labute approximate surface area is 118 Å². The molecule has 0 spiro atoms. The van der Waals surface area contributed by atoms with E-state index >= 15 is 0 Å². The first-order valence-electron chi connectivity index (χ1n) is 6.91. The molecule has 1 aromatic carbocycles. The number of aromatic nitrogens is 2. The first kappa shape index (κ1) is 14.4. The molecule has 0 amide bonds. The van der Waals surface area contributed by atoms with Gasteiger partial charge in [0.05, 0.1) is 17.3 Å². The Morgan fingerprint density at radius 1 is 1.40 bits per heavy atom. The standard InChI is InChI=1S/C15H21N3O2/c1-5-13-17-14-11(16)7-6-8-12(14)18(13)10(4)15(19)20-9(2)3/h6-10H,5,16H2,1-4H3. The average Bonchev–Trinajstić information content (AvgIpc) is 2.77. The minimum Gasteiger partial charge on any atom is -0.461 e. The van der Waals surface area contributed by atoms with Gasteiger partial charge < -0.3 is 15.0 Å². The number of aryl methyl sites for hydroxylation is 1. The molecule has 2 N–H and O–H groups in total. The van der Waals surface area contributed by atoms with E-state index in [1.54, 1.807) is 0 Å². The molecular formula is C15H21N3O2. The molecule has 1 unspecified atom stereocenters. The zero-order valence-corrected chi connectivity index (χ0v) is 12.4. The van der Waals surface area contributed by atoms with E-state index in [-0.39, 0.29) is 12.1 Å². The van der Waals surface area contributed by atoms with Crippen molar-refractivity contribution < 1.29 is 9.53 Å². The summed E-state index contributed by atoms with van der Waals surface area (Å²) >= 11 is 0. The lowest BCUT2D eigenvalue weighted by Crippen LogP contribution is -2.23. The summed E-state index contributed by atoms with van der Waals surface area (Å²) < 4.78 is 7.21. The lowest BCUT2D eigenvalue weighted by molar-refractivity contribution is -0.150. The number of esters is 1. The van der Waals surface area contributed by atoms with Gasteiger partial charge in [-0.1, -0.05) is 13.0 Å². The number of rotatable bonds is 4. The number of anilines is 1. The number of ether oxygens (including phenoxy) is 1. The zero-order chi connectivity index (χ0) is 14.9. The van der Waals surface area contributed by atoms with Crippen LogP contribution in [0.25, 0.3) is 11.0 Å². The van der Waals surface area contributed by atoms with Gasteiger partial charge in [0.1, 0.15) is 17.4 Å². The number of carbonyl (C=O) groups is 1. The van der Waals surface area contributed by atoms with Gasteiger partial charge in [-0.2, -0.15) is 0 Å². The molecule has 2 aromatic rings. The predicted molar refractivity (Wildman–Crippen MR) is 79.5 cm³/mol. The summed E-state index contributed by atoms with van der Waals surface area (Å²) in [4.78, 5) is 16.7. The number of para-hydroxylation sites is 1. The summed E-state index contributed by atoms with van der Waals surface area (Å²) in [7, 11) is 0. The minimum atomic E-state index is -0.417. The Balaban J connectivity index is 2.52. The molecule has 0 bridgehead atoms. The van der Waals surface area contributed by atoms with E-state index < -0.39 is 6.04 Å². The van der Waals surface area contributed by atoms with Crippen LogP contribution in [0.3, 0.4) is 0 Å². The van der Waals surface area contributed by atoms with Crippen molar-refractivity contribution in [1.82, 2.24) is 9.55 Å². The van der Waals surface area contributed by atoms with Gasteiger partial charge in [-0.25, -0.2) is 9.78 Å². The first-order chi connectivity index (χ1) is 9.45. The Morgan fingerprint density at radius 2 is 2.10 bits per heavy atom. The van der Waals surface area contributed by atoms with Crippen LogP contribution in [0.1, 0.15) is 39.6 Å². The Kier molecular flexibility index (Phi) is 3.97. The molecule has 1 heterocycles. The fraction of sp³-hybridized carbons (Fsp3) is 0.467. The zero-order valence-electron chi connectivity index (χ0n) is 12.4. The van der Waals surface area contributed by atoms with Gasteiger partial charge in [0.25, 0.3) is 0 Å². The van der Waals surface area contributed by atoms with Crippen molar-refractivity contribution in [3.05, 3.63) is 24.0 Å². The topological polar surface area (TPSA) is 70.1 Å². The summed E-state index contributed by atoms with van der Waals surface area (Å²) in [6, 6.07) is 5.20. The van der Waals surface area contributed by atoms with Crippen molar-refractivity contribution in [3.63, 3.8) is 0 Å². The third-order valence-corrected chi connectivity index (χ3v) is 3.22. The van der Waals surface area contributed by atoms with Gasteiger partial charge in [0, 0.05) is 6.42 Å². The van der Waals surface area contributed by atoms with Crippen LogP contribution >= 0.6 is 0 Å². The van der Waals surface area contributed by atoms with E-state index in [1.165, 1.54) is 0 Å². The van der Waals surface area contributed by atoms with Crippen LogP contribution in [0.2, 0.25) is 0 Å². The van der Waals surface area contributed by atoms with Crippen molar-refractivity contribution in [1.29, 1.82) is 0 Å². The highest BCUT2D eigenvalue weighted by molar-refractivity contribution is 5.89. The van der Waals surface area contributed by atoms with Crippen molar-refractivity contribution in [3.8, 4) is 0 Å². The number of imidazole rings is 1. The van der Waals surface area contributed by atoms with Gasteiger partial charge in [0.15, 0.2) is 0 Å². The Bertz CT molecular complexity index is 631. The predicted octanol–water partition coefficient (Wildman–Crippen LogP) is 2.69. The van der Waals surface area contributed by atoms with E-state index in [0.29, 0.717) is 5.69 Å². The summed E-state index contributed by atoms with van der Waals surface area (Å²) in [5.74, 6) is 0.586. The number of fused-ring (bicyclic) bond motifs is 1. The van der Waals surface area contributed by atoms with Crippen LogP contribution in [0.15, 0.2) is 18.2 Å². The van der Waals surface area contributed by atoms with Crippen molar-refractivity contribution >= 4 is 22.7 Å². The smallest absolute Gasteiger partial charge is 0.329 e. The highest BCUT2D eigenvalue weighted by atomic mass is 16.5. The van der Waals surface area contributed by atoms with Crippen molar-refractivity contribution in [2.24, 2.45) is 0 Å². The highest BCUT2D eigenvalue weighted by Crippen LogP contribution is 2.26. The highest BCUT2D eigenvalue weighted by Gasteiger charge is 2.23. The van der Waals surface area contributed by atoms with Gasteiger partial charge in [0.2, 0.25) is 0 Å². The van der Waals surface area contributed by atoms with Gasteiger partial charge in [-0.05, 0) is 32.9 Å². The molecule has 0 aliphatic rings. The summed E-state index contributed by atoms with van der Waals surface area (Å²) in [6.07, 6.45) is 0.600. The maximum absolute atomic E-state index is 12.1. The molecule has 0 fully saturated rings. The fourth-order valence-corrected chi connectivity index (χ4v) is 2.30. The van der Waals surface area contributed by atoms with E-state index in [2.05, 4.69) is 4.98 Å². The van der Waals surface area contributed by atoms with Crippen molar-refractivity contribution in [2.75, 3.05) is 5.73 Å². The Hall–Kier alpha value is -2.04. The molecule has 0 saturated carbocycles. The van der Waals surface area contributed by atoms with Crippen LogP contribution in [0, 0.1) is 0 Å². The van der Waals surface area contributed by atoms with Crippen LogP contribution in [-0.4, -0.2) is 21.6 Å². The fourth-order valence-electron chi connectivity index (χ4n) is 2.30. The van der Waals surface area contributed by atoms with E-state index in [9.17, 15) is 4.79 Å². The molecule has 1 aromatic heterocycles. The molecular weight excluding hydrogens is 254 g/mol. The minimum absolute atomic E-state index is 0.130. The second kappa shape index (κ2) is 5.53. The van der Waals surface area contributed by atoms with E-state index in [4.69, 9.17) is 10.5 Å². The molecule has 1 atom stereocenters. The average molecular weight is 275 g/mol. The number of nitrogens with zero attached hydrogens (tertiary/aromatic N) is 2. The number of carbonyl (C=O) groups excluding carboxylic acids is 1. The molecule has 108 valence electrons. The molecule has 20 heavy (non-hydrogen) atoms. The second-order valence-electron chi connectivity index (χ2n) is 5.13. The molecule has 5 heteroatoms. The third kappa shape index (κ3) is 2.48. The number of benzene rings is 1. The lowest BCUT2D eigenvalue weighted by Gasteiger charge is -2.17. The molecule has 2 rings (SSSR count). The van der Waals surface area contributed by atoms with Crippen LogP contribution in [0.4, 0.5) is 5.69 Å². The van der Waals surface area contributed by atoms with Gasteiger partial charge >= 0.3 is 5.97 Å². The quantitative estimate of drug-likeness (QED) is 0.688. The maximum atomic E-state index is 12.1. The first-order valence-corrected chi connectivity index (χ1v) is 6.91. The van der Waals surface area contributed by atoms with E-state index in [1.807, 2.05) is 50.5 Å². The second-order valence-corrected chi connectivity index (χ2v) is 5.13. The van der Waals surface area contributed by atoms with E-state index in [0.717, 1.165) is 23.3 Å². The molecule has 0 saturated heterocycles. The number of nitrogen functional groups attached to an aromatic ring is 1. The molecule has 0 radical (unpaired) electrons. The summed E-state index contributed by atoms with van der Waals surface area (Å²) in [5, 5.41) is 0. The number of nitrogens with two attached hydrogens (primary N) is 1. The Morgan fingerprint density at radius 3 is 2.70 bits per heavy atom. The molecule has 5 nitrogen and oxygen atoms in total. The normalized spacial score (nSPS) is 12.8. The molecule has 0 aliphatic carbocycles. The maximum Gasteiger partial charge on any atom is 0.329 e. The van der Waals surface area contributed by atoms with Gasteiger partial charge in [-0.15, -0.1) is 0 Å². The summed E-state index contributed by atoms with van der Waals surface area (Å²) in [5.41, 5.74) is 8.20. The molecule has 0 aliphatic heterocycles. The lowest BCUT2D eigenvalue weighted by atomic mass is 10.2. The largest absolute Gasteiger partial charge is 0.461 e. The third-order valence-electron chi connectivity index (χ3n) is 3.22. The number of hydrogen-bond acceptors (Lipinski definition) is 4. The van der Waals surface area contributed by atoms with Gasteiger partial charge in [-0.3, -0.25) is 0 Å². The SMILES string of the molecule is CCc1nc2c(N)cccc2n1C(C)C(=O)OC(C)C.